The minimum absolute atomic E-state index is 0.0274. The molecule has 13 heteroatoms. The first kappa shape index (κ1) is 23.6. The average Bonchev–Trinajstić information content (AvgIpc) is 2.76. The molecule has 0 saturated carbocycles. The number of aromatic nitrogens is 4. The second kappa shape index (κ2) is 10.9. The van der Waals surface area contributed by atoms with Gasteiger partial charge in [0.25, 0.3) is 11.5 Å². The summed E-state index contributed by atoms with van der Waals surface area (Å²) in [4.78, 5) is 65.9. The lowest BCUT2D eigenvalue weighted by atomic mass is 10.1. The van der Waals surface area contributed by atoms with Crippen LogP contribution in [0.3, 0.4) is 0 Å². The molecule has 6 N–H and O–H groups in total. The maximum Gasteiger partial charge on any atom is 0.373 e. The lowest BCUT2D eigenvalue weighted by Gasteiger charge is -2.12. The number of aromatic amines is 1. The van der Waals surface area contributed by atoms with E-state index in [-0.39, 0.29) is 29.8 Å². The summed E-state index contributed by atoms with van der Waals surface area (Å²) in [5.41, 5.74) is 6.83. The zero-order chi connectivity index (χ0) is 23.7. The number of H-pyrrole nitrogens is 1. The van der Waals surface area contributed by atoms with Gasteiger partial charge in [-0.15, -0.1) is 0 Å². The molecule has 1 aromatic carbocycles. The Hall–Kier alpha value is -4.64. The van der Waals surface area contributed by atoms with Crippen molar-refractivity contribution in [3.05, 3.63) is 52.1 Å². The summed E-state index contributed by atoms with van der Waals surface area (Å²) in [5, 5.41) is 14.6. The van der Waals surface area contributed by atoms with Gasteiger partial charge in [0, 0.05) is 11.3 Å². The molecule has 0 radical (unpaired) electrons. The first-order valence-corrected chi connectivity index (χ1v) is 9.17. The molecule has 2 heterocycles. The van der Waals surface area contributed by atoms with Gasteiger partial charge in [-0.25, -0.2) is 14.8 Å². The lowest BCUT2D eigenvalue weighted by Crippen LogP contribution is -2.40. The number of carboxylic acid groups (broad SMARTS) is 1. The van der Waals surface area contributed by atoms with E-state index < -0.39 is 23.5 Å². The van der Waals surface area contributed by atoms with Crippen LogP contribution in [-0.2, 0) is 20.9 Å². The third-order valence-electron chi connectivity index (χ3n) is 4.12. The molecule has 0 aliphatic rings. The van der Waals surface area contributed by atoms with Gasteiger partial charge in [-0.2, -0.15) is 14.6 Å². The lowest BCUT2D eigenvalue weighted by molar-refractivity contribution is -0.191. The van der Waals surface area contributed by atoms with Gasteiger partial charge < -0.3 is 21.5 Å². The number of nitrogens with zero attached hydrogens (tertiary/aromatic N) is 3. The topological polar surface area (TPSA) is 210 Å². The van der Waals surface area contributed by atoms with Crippen molar-refractivity contribution in [3.8, 4) is 0 Å². The Morgan fingerprint density at radius 1 is 1.22 bits per heavy atom. The van der Waals surface area contributed by atoms with E-state index in [1.807, 2.05) is 0 Å². The monoisotopic (exact) mass is 441 g/mol. The van der Waals surface area contributed by atoms with E-state index in [4.69, 9.17) is 20.4 Å². The van der Waals surface area contributed by atoms with Gasteiger partial charge in [0.15, 0.2) is 11.2 Å². The van der Waals surface area contributed by atoms with Crippen molar-refractivity contribution in [3.63, 3.8) is 0 Å². The molecule has 0 spiro atoms. The van der Waals surface area contributed by atoms with Crippen LogP contribution in [0.4, 0.5) is 11.6 Å². The Bertz CT molecular complexity index is 1200. The number of benzene rings is 1. The summed E-state index contributed by atoms with van der Waals surface area (Å²) in [6.07, 6.45) is 2.03. The molecule has 0 saturated heterocycles. The number of hydrogen-bond acceptors (Lipinski definition) is 10. The highest BCUT2D eigenvalue weighted by atomic mass is 16.4. The zero-order valence-electron chi connectivity index (χ0n) is 16.8. The average molecular weight is 441 g/mol. The molecule has 0 aliphatic heterocycles. The highest BCUT2D eigenvalue weighted by Gasteiger charge is 2.18. The molecule has 3 rings (SSSR count). The standard InChI is InChI=1S/C18H19N7O4.CO2/c1-2-12(17(28)29)23-15(26)9-3-5-10(6-4-9)20-7-11-8-21-14-13(22-11)16(27)25-18(19)24-14;2-1-3/h3-6,8,12,20H,2,7H2,1H3,(H,23,26)(H,28,29)(H3,19,21,24,25,27);/t12-;/m0./s1. The van der Waals surface area contributed by atoms with Crippen LogP contribution in [0.1, 0.15) is 29.4 Å². The highest BCUT2D eigenvalue weighted by molar-refractivity contribution is 5.96. The molecule has 3 aromatic rings. The van der Waals surface area contributed by atoms with Crippen molar-refractivity contribution < 1.29 is 24.3 Å². The van der Waals surface area contributed by atoms with Crippen molar-refractivity contribution >= 4 is 40.8 Å². The van der Waals surface area contributed by atoms with Crippen LogP contribution in [0.15, 0.2) is 35.3 Å². The summed E-state index contributed by atoms with van der Waals surface area (Å²) in [7, 11) is 0. The third-order valence-corrected chi connectivity index (χ3v) is 4.12. The van der Waals surface area contributed by atoms with Gasteiger partial charge in [-0.3, -0.25) is 14.6 Å². The number of anilines is 2. The SMILES string of the molecule is CC[C@H](NC(=O)c1ccc(NCc2cnc3nc(N)[nH]c(=O)c3n2)cc1)C(=O)O.O=C=O. The van der Waals surface area contributed by atoms with Gasteiger partial charge in [-0.1, -0.05) is 6.92 Å². The van der Waals surface area contributed by atoms with Crippen molar-refractivity contribution in [2.45, 2.75) is 25.9 Å². The predicted octanol–water partition coefficient (Wildman–Crippen LogP) is -0.0831. The second-order valence-corrected chi connectivity index (χ2v) is 6.27. The van der Waals surface area contributed by atoms with E-state index in [9.17, 15) is 14.4 Å². The third kappa shape index (κ3) is 6.18. The van der Waals surface area contributed by atoms with E-state index in [1.165, 1.54) is 6.20 Å². The predicted molar refractivity (Wildman–Crippen MR) is 110 cm³/mol. The highest BCUT2D eigenvalue weighted by Crippen LogP contribution is 2.12. The number of aliphatic carboxylic acids is 1. The van der Waals surface area contributed by atoms with Crippen LogP contribution in [0, 0.1) is 0 Å². The molecule has 32 heavy (non-hydrogen) atoms. The molecule has 0 bridgehead atoms. The number of nitrogens with one attached hydrogen (secondary N) is 3. The van der Waals surface area contributed by atoms with Gasteiger partial charge in [-0.05, 0) is 30.7 Å². The number of carbonyl (C=O) groups is 2. The fourth-order valence-corrected chi connectivity index (χ4v) is 2.57. The van der Waals surface area contributed by atoms with Crippen LogP contribution in [0.2, 0.25) is 0 Å². The molecule has 0 aliphatic carbocycles. The summed E-state index contributed by atoms with van der Waals surface area (Å²) in [5.74, 6) is -1.56. The van der Waals surface area contributed by atoms with Crippen LogP contribution >= 0.6 is 0 Å². The second-order valence-electron chi connectivity index (χ2n) is 6.27. The molecular formula is C19H19N7O6. The number of fused-ring (bicyclic) bond motifs is 1. The number of carboxylic acids is 1. The molecule has 0 fully saturated rings. The fraction of sp³-hybridized carbons (Fsp3) is 0.211. The number of carbonyl (C=O) groups excluding carboxylic acids is 3. The van der Waals surface area contributed by atoms with Gasteiger partial charge in [0.2, 0.25) is 5.95 Å². The van der Waals surface area contributed by atoms with Crippen molar-refractivity contribution in [2.24, 2.45) is 0 Å². The Morgan fingerprint density at radius 2 is 1.88 bits per heavy atom. The van der Waals surface area contributed by atoms with Crippen molar-refractivity contribution in [2.75, 3.05) is 11.1 Å². The number of nitrogen functional groups attached to an aromatic ring is 1. The molecule has 2 aromatic heterocycles. The van der Waals surface area contributed by atoms with E-state index in [0.29, 0.717) is 23.4 Å². The van der Waals surface area contributed by atoms with E-state index in [0.717, 1.165) is 0 Å². The zero-order valence-corrected chi connectivity index (χ0v) is 16.8. The van der Waals surface area contributed by atoms with Crippen LogP contribution in [-0.4, -0.2) is 49.1 Å². The van der Waals surface area contributed by atoms with Crippen LogP contribution < -0.4 is 21.9 Å². The molecule has 166 valence electrons. The minimum Gasteiger partial charge on any atom is -0.480 e. The van der Waals surface area contributed by atoms with Crippen LogP contribution in [0.5, 0.6) is 0 Å². The Labute approximate surface area is 180 Å². The van der Waals surface area contributed by atoms with Gasteiger partial charge in [0.1, 0.15) is 6.04 Å². The van der Waals surface area contributed by atoms with Crippen molar-refractivity contribution in [1.29, 1.82) is 0 Å². The summed E-state index contributed by atoms with van der Waals surface area (Å²) in [6.45, 7) is 1.97. The fourth-order valence-electron chi connectivity index (χ4n) is 2.57. The Morgan fingerprint density at radius 3 is 2.47 bits per heavy atom. The summed E-state index contributed by atoms with van der Waals surface area (Å²) >= 11 is 0. The smallest absolute Gasteiger partial charge is 0.373 e. The maximum absolute atomic E-state index is 12.1. The number of hydrogen-bond donors (Lipinski definition) is 5. The first-order valence-electron chi connectivity index (χ1n) is 9.17. The van der Waals surface area contributed by atoms with E-state index in [1.54, 1.807) is 31.2 Å². The molecular weight excluding hydrogens is 422 g/mol. The number of rotatable bonds is 7. The number of nitrogens with two attached hydrogens (primary N) is 1. The van der Waals surface area contributed by atoms with Gasteiger partial charge in [0.05, 0.1) is 18.4 Å². The largest absolute Gasteiger partial charge is 0.480 e. The molecule has 1 amide bonds. The number of amides is 1. The van der Waals surface area contributed by atoms with E-state index in [2.05, 4.69) is 30.6 Å². The van der Waals surface area contributed by atoms with E-state index >= 15 is 0 Å². The van der Waals surface area contributed by atoms with Gasteiger partial charge >= 0.3 is 12.1 Å². The minimum atomic E-state index is -1.08. The summed E-state index contributed by atoms with van der Waals surface area (Å²) in [6, 6.07) is 5.59. The molecule has 0 unspecified atom stereocenters. The quantitative estimate of drug-likeness (QED) is 0.327. The van der Waals surface area contributed by atoms with Crippen molar-refractivity contribution in [1.82, 2.24) is 25.3 Å². The Kier molecular flexibility index (Phi) is 8.08. The first-order chi connectivity index (χ1) is 15.3. The summed E-state index contributed by atoms with van der Waals surface area (Å²) < 4.78 is 0. The Balaban J connectivity index is 0.00000114. The molecule has 13 nitrogen and oxygen atoms in total. The van der Waals surface area contributed by atoms with Crippen LogP contribution in [0.25, 0.3) is 11.2 Å². The molecule has 1 atom stereocenters. The maximum atomic E-state index is 12.1. The normalized spacial score (nSPS) is 10.9.